The fraction of sp³-hybridized carbons (Fsp3) is 0.688. The van der Waals surface area contributed by atoms with Crippen LogP contribution in [0.5, 0.6) is 0 Å². The van der Waals surface area contributed by atoms with Crippen molar-refractivity contribution in [1.29, 1.82) is 0 Å². The van der Waals surface area contributed by atoms with Gasteiger partial charge in [-0.3, -0.25) is 14.3 Å². The Labute approximate surface area is 165 Å². The van der Waals surface area contributed by atoms with Crippen molar-refractivity contribution in [2.45, 2.75) is 64.1 Å². The zero-order valence-corrected chi connectivity index (χ0v) is 17.3. The van der Waals surface area contributed by atoms with Gasteiger partial charge < -0.3 is 29.2 Å². The minimum absolute atomic E-state index is 0.0113. The molecule has 2 unspecified atom stereocenters. The summed E-state index contributed by atoms with van der Waals surface area (Å²) >= 11 is 0. The largest absolute Gasteiger partial charge is 0.778 e. The molecule has 5 atom stereocenters. The zero-order chi connectivity index (χ0) is 21.5. The smallest absolute Gasteiger partial charge is 0.280 e. The lowest BCUT2D eigenvalue weighted by atomic mass is 10.1. The first-order valence-corrected chi connectivity index (χ1v) is 10.7. The fourth-order valence-corrected chi connectivity index (χ4v) is 3.72. The second-order valence-electron chi connectivity index (χ2n) is 7.37. The van der Waals surface area contributed by atoms with Gasteiger partial charge >= 0.3 is 0 Å². The lowest BCUT2D eigenvalue weighted by molar-refractivity contribution is -0.208. The molecule has 1 aliphatic rings. The van der Waals surface area contributed by atoms with Gasteiger partial charge in [-0.2, -0.15) is 4.98 Å². The number of anilines is 1. The van der Waals surface area contributed by atoms with Gasteiger partial charge in [0.25, 0.3) is 5.56 Å². The van der Waals surface area contributed by atoms with E-state index in [2.05, 4.69) is 15.0 Å². The molecule has 2 aromatic rings. The van der Waals surface area contributed by atoms with Crippen LogP contribution in [0.25, 0.3) is 11.2 Å². The average Bonchev–Trinajstić information content (AvgIpc) is 3.15. The lowest BCUT2D eigenvalue weighted by Crippen LogP contribution is -2.36. The SMILES string of the molecule is CC(C)OC[C@H]1O[C@@H](n2cnc3c(=O)[nH]c(N)nc32)C(F)[C@H]1OP(=O)([O-])C(C)C. The predicted octanol–water partition coefficient (Wildman–Crippen LogP) is 0.709. The van der Waals surface area contributed by atoms with Gasteiger partial charge in [0.2, 0.25) is 5.95 Å². The maximum atomic E-state index is 15.4. The van der Waals surface area contributed by atoms with Crippen LogP contribution in [0.1, 0.15) is 33.9 Å². The second-order valence-corrected chi connectivity index (χ2v) is 9.69. The van der Waals surface area contributed by atoms with E-state index >= 15 is 4.39 Å². The number of nitrogens with two attached hydrogens (primary N) is 1. The van der Waals surface area contributed by atoms with Crippen molar-refractivity contribution in [3.63, 3.8) is 0 Å². The van der Waals surface area contributed by atoms with Crippen molar-refractivity contribution in [3.05, 3.63) is 16.7 Å². The zero-order valence-electron chi connectivity index (χ0n) is 16.4. The predicted molar refractivity (Wildman–Crippen MR) is 100 cm³/mol. The minimum atomic E-state index is -4.34. The number of nitrogens with zero attached hydrogens (tertiary/aromatic N) is 3. The van der Waals surface area contributed by atoms with E-state index in [-0.39, 0.29) is 29.8 Å². The Kier molecular flexibility index (Phi) is 6.11. The molecule has 1 fully saturated rings. The summed E-state index contributed by atoms with van der Waals surface area (Å²) in [5, 5.41) is 0. The quantitative estimate of drug-likeness (QED) is 0.601. The number of ether oxygens (including phenoxy) is 2. The summed E-state index contributed by atoms with van der Waals surface area (Å²) in [5.74, 6) is -0.172. The summed E-state index contributed by atoms with van der Waals surface area (Å²) in [6.07, 6.45) is -4.65. The van der Waals surface area contributed by atoms with Crippen molar-refractivity contribution in [3.8, 4) is 0 Å². The second kappa shape index (κ2) is 8.11. The molecule has 3 N–H and O–H groups in total. The maximum Gasteiger partial charge on any atom is 0.280 e. The summed E-state index contributed by atoms with van der Waals surface area (Å²) in [7, 11) is -4.34. The van der Waals surface area contributed by atoms with Crippen LogP contribution < -0.4 is 16.2 Å². The summed E-state index contributed by atoms with van der Waals surface area (Å²) in [6, 6.07) is 0. The summed E-state index contributed by atoms with van der Waals surface area (Å²) in [6.45, 7) is 6.36. The molecule has 162 valence electrons. The highest BCUT2D eigenvalue weighted by atomic mass is 31.2. The van der Waals surface area contributed by atoms with E-state index in [1.54, 1.807) is 13.8 Å². The molecule has 0 saturated carbocycles. The Balaban J connectivity index is 1.96. The molecule has 0 spiro atoms. The number of nitrogens with one attached hydrogen (secondary N) is 1. The Bertz CT molecular complexity index is 978. The average molecular weight is 432 g/mol. The van der Waals surface area contributed by atoms with Crippen molar-refractivity contribution in [2.75, 3.05) is 12.3 Å². The first-order chi connectivity index (χ1) is 13.5. The lowest BCUT2D eigenvalue weighted by Gasteiger charge is -2.32. The fourth-order valence-electron chi connectivity index (χ4n) is 2.89. The molecular weight excluding hydrogens is 408 g/mol. The molecule has 0 aliphatic carbocycles. The van der Waals surface area contributed by atoms with E-state index in [9.17, 15) is 14.3 Å². The number of alkyl halides is 1. The number of H-pyrrole nitrogens is 1. The monoisotopic (exact) mass is 432 g/mol. The van der Waals surface area contributed by atoms with Gasteiger partial charge in [0, 0.05) is 5.66 Å². The van der Waals surface area contributed by atoms with Crippen LogP contribution in [0.2, 0.25) is 0 Å². The molecule has 0 amide bonds. The maximum absolute atomic E-state index is 15.4. The third kappa shape index (κ3) is 4.36. The third-order valence-corrected chi connectivity index (χ3v) is 6.29. The highest BCUT2D eigenvalue weighted by molar-refractivity contribution is 7.52. The van der Waals surface area contributed by atoms with Gasteiger partial charge in [-0.25, -0.2) is 9.37 Å². The number of aromatic amines is 1. The van der Waals surface area contributed by atoms with E-state index in [1.807, 2.05) is 0 Å². The van der Waals surface area contributed by atoms with E-state index in [4.69, 9.17) is 19.7 Å². The molecule has 0 radical (unpaired) electrons. The normalized spacial score (nSPS) is 27.2. The number of hydrogen-bond donors (Lipinski definition) is 2. The number of imidazole rings is 1. The highest BCUT2D eigenvalue weighted by Gasteiger charge is 2.49. The van der Waals surface area contributed by atoms with E-state index in [1.165, 1.54) is 24.7 Å². The molecule has 2 aromatic heterocycles. The van der Waals surface area contributed by atoms with Crippen LogP contribution in [0.15, 0.2) is 11.1 Å². The number of nitrogen functional groups attached to an aromatic ring is 1. The molecule has 3 rings (SSSR count). The van der Waals surface area contributed by atoms with E-state index in [0.717, 1.165) is 0 Å². The molecule has 29 heavy (non-hydrogen) atoms. The first-order valence-electron chi connectivity index (χ1n) is 9.14. The minimum Gasteiger partial charge on any atom is -0.778 e. The number of aromatic nitrogens is 4. The van der Waals surface area contributed by atoms with Crippen LogP contribution in [-0.2, 0) is 18.6 Å². The number of rotatable bonds is 7. The van der Waals surface area contributed by atoms with Crippen LogP contribution in [0.3, 0.4) is 0 Å². The van der Waals surface area contributed by atoms with Gasteiger partial charge in [-0.1, -0.05) is 13.8 Å². The van der Waals surface area contributed by atoms with Crippen molar-refractivity contribution in [1.82, 2.24) is 19.5 Å². The molecule has 1 saturated heterocycles. The Morgan fingerprint density at radius 2 is 2.14 bits per heavy atom. The van der Waals surface area contributed by atoms with Gasteiger partial charge in [-0.05, 0) is 13.8 Å². The van der Waals surface area contributed by atoms with Gasteiger partial charge in [0.05, 0.1) is 19.0 Å². The molecule has 1 aliphatic heterocycles. The van der Waals surface area contributed by atoms with E-state index < -0.39 is 43.4 Å². The van der Waals surface area contributed by atoms with Crippen molar-refractivity contribution < 1.29 is 27.8 Å². The molecule has 0 aromatic carbocycles. The molecular formula is C16H24FN5O6P-. The van der Waals surface area contributed by atoms with Gasteiger partial charge in [0.15, 0.2) is 23.6 Å². The Hall–Kier alpha value is -1.85. The number of fused-ring (bicyclic) bond motifs is 1. The molecule has 11 nitrogen and oxygen atoms in total. The van der Waals surface area contributed by atoms with Gasteiger partial charge in [-0.15, -0.1) is 0 Å². The topological polar surface area (TPSA) is 157 Å². The molecule has 13 heteroatoms. The van der Waals surface area contributed by atoms with Crippen molar-refractivity contribution >= 4 is 24.7 Å². The highest BCUT2D eigenvalue weighted by Crippen LogP contribution is 2.48. The van der Waals surface area contributed by atoms with Crippen LogP contribution in [-0.4, -0.2) is 56.3 Å². The van der Waals surface area contributed by atoms with E-state index in [0.29, 0.717) is 0 Å². The summed E-state index contributed by atoms with van der Waals surface area (Å²) < 4.78 is 45.2. The Morgan fingerprint density at radius 3 is 2.76 bits per heavy atom. The summed E-state index contributed by atoms with van der Waals surface area (Å²) in [5.41, 5.74) is 4.11. The van der Waals surface area contributed by atoms with Crippen LogP contribution >= 0.6 is 7.60 Å². The first kappa shape index (κ1) is 21.8. The summed E-state index contributed by atoms with van der Waals surface area (Å²) in [4.78, 5) is 34.4. The Morgan fingerprint density at radius 1 is 1.45 bits per heavy atom. The van der Waals surface area contributed by atoms with Crippen molar-refractivity contribution in [2.24, 2.45) is 0 Å². The number of halogens is 1. The van der Waals surface area contributed by atoms with Gasteiger partial charge in [0.1, 0.15) is 19.8 Å². The van der Waals surface area contributed by atoms with Crippen LogP contribution in [0.4, 0.5) is 10.3 Å². The standard InChI is InChI=1S/C16H25FN5O6P/c1-7(2)26-5-9-12(28-29(24,25)8(3)4)10(17)15(27-9)22-6-19-11-13(22)20-16(18)21-14(11)23/h6-10,12,15H,5H2,1-4H3,(H,24,25)(H3,18,20,21,23)/p-1/t9-,10?,12+,15-/m1/s1. The third-order valence-electron chi connectivity index (χ3n) is 4.49. The molecule has 0 bridgehead atoms. The number of hydrogen-bond acceptors (Lipinski definition) is 9. The molecule has 3 heterocycles. The van der Waals surface area contributed by atoms with Crippen LogP contribution in [0, 0.1) is 0 Å².